The van der Waals surface area contributed by atoms with Gasteiger partial charge in [-0.05, 0) is 43.9 Å². The number of nitrogens with two attached hydrogens (primary N) is 1. The summed E-state index contributed by atoms with van der Waals surface area (Å²) in [5.74, 6) is 0. The molecule has 17 heavy (non-hydrogen) atoms. The molecular formula is C14H21N3. The van der Waals surface area contributed by atoms with Gasteiger partial charge in [-0.2, -0.15) is 0 Å². The molecule has 2 fully saturated rings. The summed E-state index contributed by atoms with van der Waals surface area (Å²) in [5.41, 5.74) is 9.23. The fraction of sp³-hybridized carbons (Fsp3) is 0.571. The fourth-order valence-electron chi connectivity index (χ4n) is 2.69. The zero-order chi connectivity index (χ0) is 11.8. The number of likely N-dealkylation sites (tertiary alicyclic amines) is 1. The zero-order valence-corrected chi connectivity index (χ0v) is 10.4. The Kier molecular flexibility index (Phi) is 2.71. The number of anilines is 2. The Morgan fingerprint density at radius 1 is 1.29 bits per heavy atom. The van der Waals surface area contributed by atoms with Gasteiger partial charge in [0.25, 0.3) is 0 Å². The minimum atomic E-state index is 0.569. The molecule has 0 spiro atoms. The van der Waals surface area contributed by atoms with Crippen molar-refractivity contribution in [1.82, 2.24) is 4.90 Å². The number of hydrogen-bond donors (Lipinski definition) is 2. The summed E-state index contributed by atoms with van der Waals surface area (Å²) in [7, 11) is 0. The number of aryl methyl sites for hydroxylation is 1. The van der Waals surface area contributed by atoms with Gasteiger partial charge in [-0.1, -0.05) is 6.07 Å². The Labute approximate surface area is 103 Å². The van der Waals surface area contributed by atoms with Crippen molar-refractivity contribution in [3.05, 3.63) is 23.8 Å². The standard InChI is InChI=1S/C14H21N3/c1-10-2-5-13(15)14(8-10)16-11-6-7-17(9-11)12-3-4-12/h2,5,8,11-12,16H,3-4,6-7,9,15H2,1H3. The second-order valence-corrected chi connectivity index (χ2v) is 5.45. The van der Waals surface area contributed by atoms with Crippen LogP contribution in [0, 0.1) is 6.92 Å². The smallest absolute Gasteiger partial charge is 0.0579 e. The second kappa shape index (κ2) is 4.22. The highest BCUT2D eigenvalue weighted by Gasteiger charge is 2.34. The molecule has 0 amide bonds. The van der Waals surface area contributed by atoms with Crippen LogP contribution >= 0.6 is 0 Å². The van der Waals surface area contributed by atoms with E-state index < -0.39 is 0 Å². The molecule has 92 valence electrons. The van der Waals surface area contributed by atoms with Crippen LogP contribution in [-0.4, -0.2) is 30.1 Å². The minimum absolute atomic E-state index is 0.569. The molecule has 1 heterocycles. The molecule has 3 heteroatoms. The highest BCUT2D eigenvalue weighted by molar-refractivity contribution is 5.67. The molecule has 1 aliphatic heterocycles. The molecule has 3 nitrogen and oxygen atoms in total. The fourth-order valence-corrected chi connectivity index (χ4v) is 2.69. The Hall–Kier alpha value is -1.22. The van der Waals surface area contributed by atoms with Gasteiger partial charge >= 0.3 is 0 Å². The van der Waals surface area contributed by atoms with E-state index in [4.69, 9.17) is 5.73 Å². The molecule has 0 bridgehead atoms. The first kappa shape index (κ1) is 10.9. The molecule has 3 N–H and O–H groups in total. The summed E-state index contributed by atoms with van der Waals surface area (Å²) in [5, 5.41) is 3.60. The Bertz CT molecular complexity index is 412. The number of rotatable bonds is 3. The molecular weight excluding hydrogens is 210 g/mol. The van der Waals surface area contributed by atoms with Crippen molar-refractivity contribution in [2.24, 2.45) is 0 Å². The van der Waals surface area contributed by atoms with E-state index >= 15 is 0 Å². The van der Waals surface area contributed by atoms with Crippen LogP contribution in [-0.2, 0) is 0 Å². The predicted octanol–water partition coefficient (Wildman–Crippen LogP) is 2.23. The van der Waals surface area contributed by atoms with Gasteiger partial charge < -0.3 is 11.1 Å². The largest absolute Gasteiger partial charge is 0.397 e. The van der Waals surface area contributed by atoms with Crippen LogP contribution in [0.4, 0.5) is 11.4 Å². The summed E-state index contributed by atoms with van der Waals surface area (Å²) in [6.07, 6.45) is 4.04. The maximum atomic E-state index is 6.00. The monoisotopic (exact) mass is 231 g/mol. The van der Waals surface area contributed by atoms with Gasteiger partial charge in [-0.3, -0.25) is 4.90 Å². The molecule has 1 saturated carbocycles. The van der Waals surface area contributed by atoms with Crippen LogP contribution in [0.1, 0.15) is 24.8 Å². The van der Waals surface area contributed by atoms with Crippen molar-refractivity contribution in [2.75, 3.05) is 24.1 Å². The lowest BCUT2D eigenvalue weighted by molar-refractivity contribution is 0.326. The minimum Gasteiger partial charge on any atom is -0.397 e. The van der Waals surface area contributed by atoms with Gasteiger partial charge in [0, 0.05) is 25.2 Å². The molecule has 1 aromatic rings. The average molecular weight is 231 g/mol. The Balaban J connectivity index is 1.64. The molecule has 2 aliphatic rings. The quantitative estimate of drug-likeness (QED) is 0.784. The van der Waals surface area contributed by atoms with Gasteiger partial charge in [-0.25, -0.2) is 0 Å². The predicted molar refractivity (Wildman–Crippen MR) is 72.2 cm³/mol. The highest BCUT2D eigenvalue weighted by Crippen LogP contribution is 2.31. The number of nitrogens with zero attached hydrogens (tertiary/aromatic N) is 1. The van der Waals surface area contributed by atoms with Crippen LogP contribution in [0.5, 0.6) is 0 Å². The lowest BCUT2D eigenvalue weighted by Gasteiger charge is -2.18. The van der Waals surface area contributed by atoms with E-state index in [0.717, 1.165) is 17.4 Å². The van der Waals surface area contributed by atoms with Crippen molar-refractivity contribution >= 4 is 11.4 Å². The normalized spacial score (nSPS) is 25.1. The third kappa shape index (κ3) is 2.39. The van der Waals surface area contributed by atoms with E-state index in [1.807, 2.05) is 6.07 Å². The number of nitrogens with one attached hydrogen (secondary N) is 1. The maximum absolute atomic E-state index is 6.00. The van der Waals surface area contributed by atoms with E-state index in [9.17, 15) is 0 Å². The summed E-state index contributed by atoms with van der Waals surface area (Å²) >= 11 is 0. The Morgan fingerprint density at radius 2 is 2.12 bits per heavy atom. The second-order valence-electron chi connectivity index (χ2n) is 5.45. The van der Waals surface area contributed by atoms with Crippen LogP contribution in [0.2, 0.25) is 0 Å². The topological polar surface area (TPSA) is 41.3 Å². The first-order chi connectivity index (χ1) is 8.22. The van der Waals surface area contributed by atoms with Crippen molar-refractivity contribution in [2.45, 2.75) is 38.3 Å². The number of nitrogen functional groups attached to an aromatic ring is 1. The van der Waals surface area contributed by atoms with Gasteiger partial charge in [0.05, 0.1) is 11.4 Å². The summed E-state index contributed by atoms with van der Waals surface area (Å²) in [4.78, 5) is 2.61. The van der Waals surface area contributed by atoms with Gasteiger partial charge in [0.2, 0.25) is 0 Å². The summed E-state index contributed by atoms with van der Waals surface area (Å²) < 4.78 is 0. The van der Waals surface area contributed by atoms with Gasteiger partial charge in [-0.15, -0.1) is 0 Å². The molecule has 1 aliphatic carbocycles. The first-order valence-electron chi connectivity index (χ1n) is 6.59. The van der Waals surface area contributed by atoms with Crippen molar-refractivity contribution in [3.63, 3.8) is 0 Å². The van der Waals surface area contributed by atoms with E-state index in [0.29, 0.717) is 6.04 Å². The van der Waals surface area contributed by atoms with Gasteiger partial charge in [0.15, 0.2) is 0 Å². The molecule has 1 aromatic carbocycles. The Morgan fingerprint density at radius 3 is 2.88 bits per heavy atom. The van der Waals surface area contributed by atoms with Crippen molar-refractivity contribution < 1.29 is 0 Å². The number of benzene rings is 1. The molecule has 3 rings (SSSR count). The van der Waals surface area contributed by atoms with Crippen molar-refractivity contribution in [3.8, 4) is 0 Å². The molecule has 1 unspecified atom stereocenters. The maximum Gasteiger partial charge on any atom is 0.0579 e. The molecule has 0 radical (unpaired) electrons. The summed E-state index contributed by atoms with van der Waals surface area (Å²) in [6.45, 7) is 4.53. The van der Waals surface area contributed by atoms with Gasteiger partial charge in [0.1, 0.15) is 0 Å². The van der Waals surface area contributed by atoms with Crippen LogP contribution in [0.3, 0.4) is 0 Å². The third-order valence-electron chi connectivity index (χ3n) is 3.85. The van der Waals surface area contributed by atoms with E-state index in [1.54, 1.807) is 0 Å². The molecule has 0 aromatic heterocycles. The molecule has 1 atom stereocenters. The van der Waals surface area contributed by atoms with Crippen LogP contribution in [0.15, 0.2) is 18.2 Å². The SMILES string of the molecule is Cc1ccc(N)c(NC2CCN(C3CC3)C2)c1. The lowest BCUT2D eigenvalue weighted by Crippen LogP contribution is -2.27. The van der Waals surface area contributed by atoms with Crippen LogP contribution < -0.4 is 11.1 Å². The first-order valence-corrected chi connectivity index (χ1v) is 6.59. The summed E-state index contributed by atoms with van der Waals surface area (Å²) in [6, 6.07) is 7.66. The van der Waals surface area contributed by atoms with E-state index in [2.05, 4.69) is 29.3 Å². The average Bonchev–Trinajstić information content (AvgIpc) is 3.05. The van der Waals surface area contributed by atoms with E-state index in [-0.39, 0.29) is 0 Å². The van der Waals surface area contributed by atoms with E-state index in [1.165, 1.54) is 37.9 Å². The van der Waals surface area contributed by atoms with Crippen molar-refractivity contribution in [1.29, 1.82) is 0 Å². The third-order valence-corrected chi connectivity index (χ3v) is 3.85. The zero-order valence-electron chi connectivity index (χ0n) is 10.4. The number of hydrogen-bond acceptors (Lipinski definition) is 3. The highest BCUT2D eigenvalue weighted by atomic mass is 15.2. The lowest BCUT2D eigenvalue weighted by atomic mass is 10.1. The van der Waals surface area contributed by atoms with Crippen LogP contribution in [0.25, 0.3) is 0 Å². The molecule has 1 saturated heterocycles.